The highest BCUT2D eigenvalue weighted by Gasteiger charge is 2.37. The van der Waals surface area contributed by atoms with E-state index >= 15 is 0 Å². The van der Waals surface area contributed by atoms with Gasteiger partial charge in [0.2, 0.25) is 0 Å². The molecule has 7 nitrogen and oxygen atoms in total. The van der Waals surface area contributed by atoms with Crippen molar-refractivity contribution in [3.05, 3.63) is 27.0 Å². The first kappa shape index (κ1) is 22.2. The van der Waals surface area contributed by atoms with Gasteiger partial charge >= 0.3 is 5.97 Å². The average Bonchev–Trinajstić information content (AvgIpc) is 2.97. The first-order valence-corrected chi connectivity index (χ1v) is 11.2. The standard InChI is InChI=1S/C16H19Cl3N2O5S/c1-3-9(2)21(10-4-5-27(24,25)8-10)12(22)7-26-16(23)15-14(19)13(18)11(17)6-20-15/h6,9-10H,3-5,7-8H2,1-2H3. The first-order valence-electron chi connectivity index (χ1n) is 8.25. The third-order valence-corrected chi connectivity index (χ3v) is 7.38. The summed E-state index contributed by atoms with van der Waals surface area (Å²) in [6.07, 6.45) is 2.16. The van der Waals surface area contributed by atoms with Gasteiger partial charge < -0.3 is 9.64 Å². The second-order valence-corrected chi connectivity index (χ2v) is 9.67. The van der Waals surface area contributed by atoms with Crippen molar-refractivity contribution in [3.8, 4) is 0 Å². The van der Waals surface area contributed by atoms with Crippen LogP contribution in [0, 0.1) is 0 Å². The molecule has 1 amide bonds. The summed E-state index contributed by atoms with van der Waals surface area (Å²) >= 11 is 17.6. The molecule has 1 fully saturated rings. The van der Waals surface area contributed by atoms with E-state index in [4.69, 9.17) is 39.5 Å². The predicted molar refractivity (Wildman–Crippen MR) is 103 cm³/mol. The minimum atomic E-state index is -3.16. The van der Waals surface area contributed by atoms with E-state index in [1.54, 1.807) is 0 Å². The number of sulfone groups is 1. The van der Waals surface area contributed by atoms with Gasteiger partial charge in [0, 0.05) is 18.3 Å². The Bertz CT molecular complexity index is 847. The molecule has 27 heavy (non-hydrogen) atoms. The Morgan fingerprint density at radius 2 is 2.00 bits per heavy atom. The van der Waals surface area contributed by atoms with Gasteiger partial charge in [0.05, 0.1) is 26.6 Å². The van der Waals surface area contributed by atoms with Crippen LogP contribution >= 0.6 is 34.8 Å². The molecule has 0 saturated carbocycles. The Kier molecular flexibility index (Phi) is 7.35. The number of halogens is 3. The molecule has 0 bridgehead atoms. The van der Waals surface area contributed by atoms with Gasteiger partial charge in [0.1, 0.15) is 0 Å². The summed E-state index contributed by atoms with van der Waals surface area (Å²) in [6.45, 7) is 3.15. The second-order valence-electron chi connectivity index (χ2n) is 6.27. The number of carbonyl (C=O) groups is 2. The van der Waals surface area contributed by atoms with E-state index < -0.39 is 34.4 Å². The van der Waals surface area contributed by atoms with Crippen LogP contribution in [0.15, 0.2) is 6.20 Å². The van der Waals surface area contributed by atoms with Crippen LogP contribution in [0.1, 0.15) is 37.2 Å². The molecule has 1 aromatic rings. The third-order valence-electron chi connectivity index (χ3n) is 4.39. The minimum Gasteiger partial charge on any atom is -0.451 e. The fourth-order valence-electron chi connectivity index (χ4n) is 2.86. The van der Waals surface area contributed by atoms with Crippen LogP contribution in [-0.2, 0) is 19.4 Å². The quantitative estimate of drug-likeness (QED) is 0.610. The zero-order chi connectivity index (χ0) is 20.4. The number of nitrogens with zero attached hydrogens (tertiary/aromatic N) is 2. The maximum atomic E-state index is 12.6. The van der Waals surface area contributed by atoms with Crippen molar-refractivity contribution in [2.45, 2.75) is 38.8 Å². The molecule has 2 atom stereocenters. The zero-order valence-corrected chi connectivity index (χ0v) is 17.8. The van der Waals surface area contributed by atoms with E-state index in [0.717, 1.165) is 6.20 Å². The number of esters is 1. The molecule has 1 aliphatic rings. The molecule has 2 rings (SSSR count). The van der Waals surface area contributed by atoms with Crippen molar-refractivity contribution in [1.29, 1.82) is 0 Å². The summed E-state index contributed by atoms with van der Waals surface area (Å²) in [5.74, 6) is -1.44. The summed E-state index contributed by atoms with van der Waals surface area (Å²) < 4.78 is 28.5. The molecule has 11 heteroatoms. The van der Waals surface area contributed by atoms with E-state index in [2.05, 4.69) is 4.98 Å². The van der Waals surface area contributed by atoms with Crippen molar-refractivity contribution in [3.63, 3.8) is 0 Å². The van der Waals surface area contributed by atoms with Crippen LogP contribution in [0.3, 0.4) is 0 Å². The van der Waals surface area contributed by atoms with E-state index in [9.17, 15) is 18.0 Å². The molecule has 0 radical (unpaired) electrons. The highest BCUT2D eigenvalue weighted by molar-refractivity contribution is 7.91. The van der Waals surface area contributed by atoms with Gasteiger partial charge in [-0.3, -0.25) is 4.79 Å². The number of amides is 1. The second kappa shape index (κ2) is 8.94. The summed E-state index contributed by atoms with van der Waals surface area (Å²) in [5.41, 5.74) is -0.252. The van der Waals surface area contributed by atoms with E-state index in [1.807, 2.05) is 13.8 Å². The molecule has 2 heterocycles. The van der Waals surface area contributed by atoms with Crippen LogP contribution in [-0.4, -0.2) is 60.4 Å². The lowest BCUT2D eigenvalue weighted by atomic mass is 10.1. The molecule has 0 spiro atoms. The van der Waals surface area contributed by atoms with E-state index in [0.29, 0.717) is 12.8 Å². The number of carbonyl (C=O) groups excluding carboxylic acids is 2. The fraction of sp³-hybridized carbons (Fsp3) is 0.562. The van der Waals surface area contributed by atoms with Crippen LogP contribution in [0.4, 0.5) is 0 Å². The number of ether oxygens (including phenoxy) is 1. The van der Waals surface area contributed by atoms with Gasteiger partial charge in [0.15, 0.2) is 22.1 Å². The van der Waals surface area contributed by atoms with Crippen LogP contribution < -0.4 is 0 Å². The smallest absolute Gasteiger partial charge is 0.359 e. The number of hydrogen-bond donors (Lipinski definition) is 0. The van der Waals surface area contributed by atoms with Gasteiger partial charge in [-0.1, -0.05) is 41.7 Å². The largest absolute Gasteiger partial charge is 0.451 e. The van der Waals surface area contributed by atoms with Crippen LogP contribution in [0.25, 0.3) is 0 Å². The molecule has 1 aromatic heterocycles. The molecule has 0 N–H and O–H groups in total. The van der Waals surface area contributed by atoms with Crippen LogP contribution in [0.5, 0.6) is 0 Å². The molecule has 150 valence electrons. The molecule has 1 saturated heterocycles. The Labute approximate surface area is 172 Å². The molecule has 1 aliphatic heterocycles. The average molecular weight is 458 g/mol. The summed E-state index contributed by atoms with van der Waals surface area (Å²) in [5, 5.41) is -0.119. The fourth-order valence-corrected chi connectivity index (χ4v) is 5.13. The normalized spacial score (nSPS) is 19.5. The topological polar surface area (TPSA) is 93.6 Å². The van der Waals surface area contributed by atoms with Gasteiger partial charge in [0.25, 0.3) is 5.91 Å². The Morgan fingerprint density at radius 3 is 2.56 bits per heavy atom. The number of pyridine rings is 1. The van der Waals surface area contributed by atoms with Gasteiger partial charge in [-0.25, -0.2) is 18.2 Å². The molecule has 0 aromatic carbocycles. The SMILES string of the molecule is CCC(C)N(C(=O)COC(=O)c1ncc(Cl)c(Cl)c1Cl)C1CCS(=O)(=O)C1. The molecular weight excluding hydrogens is 439 g/mol. The first-order chi connectivity index (χ1) is 12.6. The highest BCUT2D eigenvalue weighted by Crippen LogP contribution is 2.31. The van der Waals surface area contributed by atoms with Crippen molar-refractivity contribution in [2.24, 2.45) is 0 Å². The minimum absolute atomic E-state index is 0.0380. The summed E-state index contributed by atoms with van der Waals surface area (Å²) in [7, 11) is -3.16. The number of aromatic nitrogens is 1. The monoisotopic (exact) mass is 456 g/mol. The Balaban J connectivity index is 2.09. The number of hydrogen-bond acceptors (Lipinski definition) is 6. The highest BCUT2D eigenvalue weighted by atomic mass is 35.5. The molecular formula is C16H19Cl3N2O5S. The van der Waals surface area contributed by atoms with E-state index in [1.165, 1.54) is 4.90 Å². The van der Waals surface area contributed by atoms with E-state index in [-0.39, 0.29) is 38.3 Å². The third kappa shape index (κ3) is 5.25. The van der Waals surface area contributed by atoms with Gasteiger partial charge in [-0.2, -0.15) is 0 Å². The maximum absolute atomic E-state index is 12.6. The van der Waals surface area contributed by atoms with Crippen molar-refractivity contribution in [2.75, 3.05) is 18.1 Å². The van der Waals surface area contributed by atoms with Crippen molar-refractivity contribution < 1.29 is 22.7 Å². The van der Waals surface area contributed by atoms with Gasteiger partial charge in [-0.15, -0.1) is 0 Å². The summed E-state index contributed by atoms with van der Waals surface area (Å²) in [4.78, 5) is 30.1. The number of rotatable bonds is 6. The Hall–Kier alpha value is -1.09. The lowest BCUT2D eigenvalue weighted by Gasteiger charge is -2.33. The molecule has 2 unspecified atom stereocenters. The maximum Gasteiger partial charge on any atom is 0.359 e. The lowest BCUT2D eigenvalue weighted by molar-refractivity contribution is -0.138. The predicted octanol–water partition coefficient (Wildman–Crippen LogP) is 3.01. The van der Waals surface area contributed by atoms with Crippen molar-refractivity contribution in [1.82, 2.24) is 9.88 Å². The molecule has 0 aliphatic carbocycles. The van der Waals surface area contributed by atoms with Crippen molar-refractivity contribution >= 4 is 56.5 Å². The lowest BCUT2D eigenvalue weighted by Crippen LogP contribution is -2.48. The van der Waals surface area contributed by atoms with Crippen LogP contribution in [0.2, 0.25) is 15.1 Å². The zero-order valence-electron chi connectivity index (χ0n) is 14.7. The van der Waals surface area contributed by atoms with Gasteiger partial charge in [-0.05, 0) is 19.8 Å². The Morgan fingerprint density at radius 1 is 1.33 bits per heavy atom. The summed E-state index contributed by atoms with van der Waals surface area (Å²) in [6, 6.07) is -0.621.